The fourth-order valence-electron chi connectivity index (χ4n) is 4.14. The van der Waals surface area contributed by atoms with Gasteiger partial charge in [-0.1, -0.05) is 30.3 Å². The van der Waals surface area contributed by atoms with Crippen LogP contribution in [0.1, 0.15) is 23.6 Å². The minimum Gasteiger partial charge on any atom is -0.423 e. The number of hydrogen-bond acceptors (Lipinski definition) is 7. The third-order valence-corrected chi connectivity index (χ3v) is 5.82. The predicted molar refractivity (Wildman–Crippen MR) is 119 cm³/mol. The van der Waals surface area contributed by atoms with Crippen LogP contribution in [-0.4, -0.2) is 44.4 Å². The van der Waals surface area contributed by atoms with Crippen molar-refractivity contribution in [3.05, 3.63) is 84.5 Å². The normalized spacial score (nSPS) is 19.5. The number of benzene rings is 2. The molecular weight excluding hydrogens is 406 g/mol. The van der Waals surface area contributed by atoms with E-state index in [9.17, 15) is 5.11 Å². The molecule has 0 amide bonds. The lowest BCUT2D eigenvalue weighted by Crippen LogP contribution is -2.38. The van der Waals surface area contributed by atoms with Crippen molar-refractivity contribution in [3.8, 4) is 11.5 Å². The van der Waals surface area contributed by atoms with Gasteiger partial charge < -0.3 is 19.6 Å². The minimum absolute atomic E-state index is 0.0761. The SMILES string of the molecule is O[C@H]1CCOC[C@H]1[C@H](Nc1cccc(-c2nnco2)c1)c1ccc(Cn2cccn2)cc1. The molecule has 5 rings (SSSR count). The summed E-state index contributed by atoms with van der Waals surface area (Å²) >= 11 is 0. The van der Waals surface area contributed by atoms with Crippen molar-refractivity contribution in [1.82, 2.24) is 20.0 Å². The van der Waals surface area contributed by atoms with Crippen molar-refractivity contribution < 1.29 is 14.3 Å². The summed E-state index contributed by atoms with van der Waals surface area (Å²) in [6.45, 7) is 1.80. The number of nitrogens with one attached hydrogen (secondary N) is 1. The highest BCUT2D eigenvalue weighted by molar-refractivity contribution is 5.61. The van der Waals surface area contributed by atoms with Crippen LogP contribution >= 0.6 is 0 Å². The molecule has 0 bridgehead atoms. The molecule has 2 aromatic heterocycles. The molecule has 3 heterocycles. The predicted octanol–water partition coefficient (Wildman–Crippen LogP) is 3.53. The van der Waals surface area contributed by atoms with Crippen molar-refractivity contribution in [1.29, 1.82) is 0 Å². The second kappa shape index (κ2) is 9.33. The van der Waals surface area contributed by atoms with Crippen LogP contribution in [0.3, 0.4) is 0 Å². The maximum atomic E-state index is 10.7. The Morgan fingerprint density at radius 3 is 2.81 bits per heavy atom. The number of aliphatic hydroxyl groups excluding tert-OH is 1. The number of rotatable bonds is 7. The summed E-state index contributed by atoms with van der Waals surface area (Å²) in [6, 6.07) is 18.1. The van der Waals surface area contributed by atoms with Crippen LogP contribution in [0, 0.1) is 5.92 Å². The monoisotopic (exact) mass is 431 g/mol. The third-order valence-electron chi connectivity index (χ3n) is 5.82. The van der Waals surface area contributed by atoms with Crippen LogP contribution in [0.2, 0.25) is 0 Å². The van der Waals surface area contributed by atoms with Crippen molar-refractivity contribution >= 4 is 5.69 Å². The van der Waals surface area contributed by atoms with Crippen LogP contribution in [-0.2, 0) is 11.3 Å². The molecule has 3 atom stereocenters. The molecule has 1 fully saturated rings. The Bertz CT molecular complexity index is 1110. The maximum Gasteiger partial charge on any atom is 0.247 e. The first-order valence-corrected chi connectivity index (χ1v) is 10.7. The van der Waals surface area contributed by atoms with Crippen molar-refractivity contribution in [3.63, 3.8) is 0 Å². The Morgan fingerprint density at radius 2 is 2.06 bits per heavy atom. The van der Waals surface area contributed by atoms with Crippen LogP contribution in [0.4, 0.5) is 5.69 Å². The Balaban J connectivity index is 1.41. The van der Waals surface area contributed by atoms with Gasteiger partial charge in [-0.15, -0.1) is 10.2 Å². The van der Waals surface area contributed by atoms with Gasteiger partial charge in [0.15, 0.2) is 0 Å². The minimum atomic E-state index is -0.441. The quantitative estimate of drug-likeness (QED) is 0.462. The number of nitrogens with zero attached hydrogens (tertiary/aromatic N) is 4. The summed E-state index contributed by atoms with van der Waals surface area (Å²) in [6.07, 6.45) is 5.23. The van der Waals surface area contributed by atoms with Gasteiger partial charge in [0.1, 0.15) is 0 Å². The Kier molecular flexibility index (Phi) is 5.96. The molecule has 2 aromatic carbocycles. The molecule has 0 aliphatic carbocycles. The van der Waals surface area contributed by atoms with Gasteiger partial charge in [0.25, 0.3) is 0 Å². The molecule has 8 heteroatoms. The first-order chi connectivity index (χ1) is 15.8. The molecule has 1 aliphatic rings. The maximum absolute atomic E-state index is 10.7. The van der Waals surface area contributed by atoms with Gasteiger partial charge in [0, 0.05) is 36.2 Å². The topological polar surface area (TPSA) is 98.2 Å². The van der Waals surface area contributed by atoms with Crippen LogP contribution in [0.5, 0.6) is 0 Å². The van der Waals surface area contributed by atoms with Crippen LogP contribution in [0.25, 0.3) is 11.5 Å². The molecule has 32 heavy (non-hydrogen) atoms. The zero-order valence-electron chi connectivity index (χ0n) is 17.5. The standard InChI is InChI=1S/C24H25N5O3/c30-22-9-12-31-15-21(22)23(18-7-5-17(6-8-18)14-29-11-2-10-26-29)27-20-4-1-3-19(13-20)24-28-25-16-32-24/h1-8,10-11,13,16,21-23,27,30H,9,12,14-15H2/t21-,22+,23-/m1/s1. The third kappa shape index (κ3) is 4.56. The molecule has 0 radical (unpaired) electrons. The highest BCUT2D eigenvalue weighted by Crippen LogP contribution is 2.33. The van der Waals surface area contributed by atoms with E-state index in [0.717, 1.165) is 22.4 Å². The lowest BCUT2D eigenvalue weighted by Gasteiger charge is -2.35. The molecule has 8 nitrogen and oxygen atoms in total. The van der Waals surface area contributed by atoms with Crippen molar-refractivity contribution in [2.45, 2.75) is 25.1 Å². The summed E-state index contributed by atoms with van der Waals surface area (Å²) in [5, 5.41) is 26.4. The van der Waals surface area contributed by atoms with E-state index in [1.807, 2.05) is 41.2 Å². The highest BCUT2D eigenvalue weighted by atomic mass is 16.5. The fraction of sp³-hybridized carbons (Fsp3) is 0.292. The fourth-order valence-corrected chi connectivity index (χ4v) is 4.14. The van der Waals surface area contributed by atoms with E-state index in [-0.39, 0.29) is 12.0 Å². The molecule has 1 aliphatic heterocycles. The van der Waals surface area contributed by atoms with E-state index in [4.69, 9.17) is 9.15 Å². The molecule has 164 valence electrons. The van der Waals surface area contributed by atoms with Gasteiger partial charge in [-0.25, -0.2) is 0 Å². The average molecular weight is 431 g/mol. The molecule has 1 saturated heterocycles. The Labute approximate surface area is 185 Å². The number of ether oxygens (including phenoxy) is 1. The molecule has 0 spiro atoms. The lowest BCUT2D eigenvalue weighted by molar-refractivity contribution is -0.0424. The number of aliphatic hydroxyl groups is 1. The Morgan fingerprint density at radius 1 is 1.16 bits per heavy atom. The first kappa shape index (κ1) is 20.4. The number of hydrogen-bond donors (Lipinski definition) is 2. The zero-order chi connectivity index (χ0) is 21.8. The first-order valence-electron chi connectivity index (χ1n) is 10.7. The van der Waals surface area contributed by atoms with Gasteiger partial charge >= 0.3 is 0 Å². The van der Waals surface area contributed by atoms with Gasteiger partial charge in [0.05, 0.1) is 25.3 Å². The van der Waals surface area contributed by atoms with Crippen molar-refractivity contribution in [2.24, 2.45) is 5.92 Å². The van der Waals surface area contributed by atoms with E-state index >= 15 is 0 Å². The zero-order valence-corrected chi connectivity index (χ0v) is 17.5. The van der Waals surface area contributed by atoms with E-state index in [2.05, 4.69) is 44.9 Å². The van der Waals surface area contributed by atoms with E-state index in [0.29, 0.717) is 32.1 Å². The van der Waals surface area contributed by atoms with Crippen molar-refractivity contribution in [2.75, 3.05) is 18.5 Å². The number of anilines is 1. The summed E-state index contributed by atoms with van der Waals surface area (Å²) < 4.78 is 13.0. The molecule has 2 N–H and O–H groups in total. The molecule has 0 saturated carbocycles. The largest absolute Gasteiger partial charge is 0.423 e. The Hall–Kier alpha value is -3.49. The van der Waals surface area contributed by atoms with Gasteiger partial charge in [-0.3, -0.25) is 4.68 Å². The van der Waals surface area contributed by atoms with Crippen LogP contribution in [0.15, 0.2) is 77.8 Å². The second-order valence-electron chi connectivity index (χ2n) is 7.99. The van der Waals surface area contributed by atoms with E-state index < -0.39 is 6.10 Å². The molecular formula is C24H25N5O3. The average Bonchev–Trinajstić information content (AvgIpc) is 3.54. The number of aromatic nitrogens is 4. The van der Waals surface area contributed by atoms with Gasteiger partial charge in [0.2, 0.25) is 12.3 Å². The lowest BCUT2D eigenvalue weighted by atomic mass is 9.86. The van der Waals surface area contributed by atoms with Gasteiger partial charge in [-0.2, -0.15) is 5.10 Å². The molecule has 0 unspecified atom stereocenters. The van der Waals surface area contributed by atoms with Gasteiger partial charge in [-0.05, 0) is 41.8 Å². The smallest absolute Gasteiger partial charge is 0.247 e. The summed E-state index contributed by atoms with van der Waals surface area (Å²) in [5.41, 5.74) is 3.99. The second-order valence-corrected chi connectivity index (χ2v) is 7.99. The van der Waals surface area contributed by atoms with Crippen LogP contribution < -0.4 is 5.32 Å². The summed E-state index contributed by atoms with van der Waals surface area (Å²) in [7, 11) is 0. The van der Waals surface area contributed by atoms with E-state index in [1.54, 1.807) is 6.20 Å². The summed E-state index contributed by atoms with van der Waals surface area (Å²) in [4.78, 5) is 0. The van der Waals surface area contributed by atoms with E-state index in [1.165, 1.54) is 6.39 Å². The molecule has 4 aromatic rings. The summed E-state index contributed by atoms with van der Waals surface area (Å²) in [5.74, 6) is 0.391. The highest BCUT2D eigenvalue weighted by Gasteiger charge is 2.32.